The smallest absolute Gasteiger partial charge is 0.294 e. The number of hydrogen-bond acceptors (Lipinski definition) is 3. The maximum Gasteiger partial charge on any atom is 0.294 e. The summed E-state index contributed by atoms with van der Waals surface area (Å²) in [5, 5.41) is 13.7. The summed E-state index contributed by atoms with van der Waals surface area (Å²) in [5.74, 6) is -0.684. The molecule has 0 amide bonds. The van der Waals surface area contributed by atoms with Gasteiger partial charge in [0.05, 0.1) is 9.95 Å². The number of rotatable bonds is 5. The van der Waals surface area contributed by atoms with E-state index in [0.717, 1.165) is 17.7 Å². The van der Waals surface area contributed by atoms with E-state index in [2.05, 4.69) is 5.32 Å². The van der Waals surface area contributed by atoms with Gasteiger partial charge in [-0.2, -0.15) is 0 Å². The van der Waals surface area contributed by atoms with Crippen molar-refractivity contribution >= 4 is 23.0 Å². The number of nitrogens with zero attached hydrogens (tertiary/aromatic N) is 1. The zero-order chi connectivity index (χ0) is 15.4. The minimum Gasteiger partial charge on any atom is -0.377 e. The third-order valence-electron chi connectivity index (χ3n) is 3.02. The monoisotopic (exact) mass is 308 g/mol. The highest BCUT2D eigenvalue weighted by Crippen LogP contribution is 2.31. The molecule has 0 aliphatic rings. The lowest BCUT2D eigenvalue weighted by Crippen LogP contribution is -2.19. The Morgan fingerprint density at radius 2 is 2.00 bits per heavy atom. The van der Waals surface area contributed by atoms with Gasteiger partial charge in [-0.25, -0.2) is 4.39 Å². The Hall–Kier alpha value is -2.14. The Morgan fingerprint density at radius 1 is 1.33 bits per heavy atom. The molecular weight excluding hydrogens is 295 g/mol. The van der Waals surface area contributed by atoms with Crippen LogP contribution in [-0.4, -0.2) is 11.0 Å². The summed E-state index contributed by atoms with van der Waals surface area (Å²) in [7, 11) is 0. The van der Waals surface area contributed by atoms with Crippen LogP contribution < -0.4 is 5.32 Å². The van der Waals surface area contributed by atoms with Crippen LogP contribution in [0.25, 0.3) is 0 Å². The first-order chi connectivity index (χ1) is 9.97. The molecule has 6 heteroatoms. The highest BCUT2D eigenvalue weighted by atomic mass is 35.5. The van der Waals surface area contributed by atoms with E-state index in [1.807, 2.05) is 37.3 Å². The molecular formula is C15H14ClFN2O2. The molecule has 110 valence electrons. The summed E-state index contributed by atoms with van der Waals surface area (Å²) in [6.45, 7) is 1.88. The Kier molecular flexibility index (Phi) is 4.75. The number of hydrogen-bond donors (Lipinski definition) is 1. The predicted molar refractivity (Wildman–Crippen MR) is 81.3 cm³/mol. The maximum atomic E-state index is 13.5. The molecule has 1 unspecified atom stereocenters. The minimum absolute atomic E-state index is 0.0910. The van der Waals surface area contributed by atoms with Gasteiger partial charge in [-0.15, -0.1) is 0 Å². The molecule has 0 saturated heterocycles. The summed E-state index contributed by atoms with van der Waals surface area (Å²) in [6, 6.07) is 11.7. The molecule has 0 heterocycles. The van der Waals surface area contributed by atoms with E-state index in [0.29, 0.717) is 6.42 Å². The van der Waals surface area contributed by atoms with Crippen molar-refractivity contribution in [3.63, 3.8) is 0 Å². The summed E-state index contributed by atoms with van der Waals surface area (Å²) in [4.78, 5) is 10.4. The molecule has 0 spiro atoms. The fourth-order valence-corrected chi connectivity index (χ4v) is 2.25. The van der Waals surface area contributed by atoms with Gasteiger partial charge < -0.3 is 5.32 Å². The molecule has 4 nitrogen and oxygen atoms in total. The number of nitro groups is 1. The number of nitro benzene ring substituents is 1. The Morgan fingerprint density at radius 3 is 2.62 bits per heavy atom. The van der Waals surface area contributed by atoms with Gasteiger partial charge in [0.25, 0.3) is 5.69 Å². The van der Waals surface area contributed by atoms with Crippen LogP contribution in [0.5, 0.6) is 0 Å². The second-order valence-corrected chi connectivity index (χ2v) is 5.18. The molecule has 0 aliphatic heterocycles. The average molecular weight is 309 g/mol. The van der Waals surface area contributed by atoms with E-state index in [9.17, 15) is 14.5 Å². The van der Waals surface area contributed by atoms with E-state index < -0.39 is 10.7 Å². The van der Waals surface area contributed by atoms with Crippen LogP contribution in [0.1, 0.15) is 12.5 Å². The average Bonchev–Trinajstić information content (AvgIpc) is 2.43. The van der Waals surface area contributed by atoms with Crippen LogP contribution in [0.4, 0.5) is 15.8 Å². The van der Waals surface area contributed by atoms with Crippen molar-refractivity contribution < 1.29 is 9.31 Å². The van der Waals surface area contributed by atoms with Gasteiger partial charge in [0.1, 0.15) is 11.5 Å². The van der Waals surface area contributed by atoms with Crippen LogP contribution in [0.2, 0.25) is 5.02 Å². The third kappa shape index (κ3) is 3.92. The Labute approximate surface area is 126 Å². The fourth-order valence-electron chi connectivity index (χ4n) is 2.09. The summed E-state index contributed by atoms with van der Waals surface area (Å²) in [6.07, 6.45) is 0.669. The number of nitrogens with one attached hydrogen (secondary N) is 1. The first-order valence-electron chi connectivity index (χ1n) is 6.41. The van der Waals surface area contributed by atoms with Gasteiger partial charge in [0, 0.05) is 18.2 Å². The van der Waals surface area contributed by atoms with Crippen LogP contribution in [-0.2, 0) is 6.42 Å². The van der Waals surface area contributed by atoms with E-state index >= 15 is 0 Å². The van der Waals surface area contributed by atoms with E-state index in [1.54, 1.807) is 0 Å². The Balaban J connectivity index is 2.18. The van der Waals surface area contributed by atoms with Crippen LogP contribution in [0.3, 0.4) is 0 Å². The lowest BCUT2D eigenvalue weighted by atomic mass is 10.1. The minimum atomic E-state index is -0.684. The molecule has 21 heavy (non-hydrogen) atoms. The van der Waals surface area contributed by atoms with Gasteiger partial charge in [0.15, 0.2) is 0 Å². The Bertz CT molecular complexity index is 650. The number of benzene rings is 2. The van der Waals surface area contributed by atoms with Gasteiger partial charge in [0.2, 0.25) is 0 Å². The SMILES string of the molecule is CC(Cc1ccccc1)Nc1cc(F)c(Cl)cc1[N+](=O)[O-]. The topological polar surface area (TPSA) is 55.2 Å². The van der Waals surface area contributed by atoms with E-state index in [-0.39, 0.29) is 22.4 Å². The van der Waals surface area contributed by atoms with Gasteiger partial charge >= 0.3 is 0 Å². The molecule has 1 atom stereocenters. The second kappa shape index (κ2) is 6.54. The third-order valence-corrected chi connectivity index (χ3v) is 3.31. The fraction of sp³-hybridized carbons (Fsp3) is 0.200. The quantitative estimate of drug-likeness (QED) is 0.656. The molecule has 0 saturated carbocycles. The zero-order valence-corrected chi connectivity index (χ0v) is 12.1. The largest absolute Gasteiger partial charge is 0.377 e. The normalized spacial score (nSPS) is 12.0. The lowest BCUT2D eigenvalue weighted by molar-refractivity contribution is -0.384. The van der Waals surface area contributed by atoms with Gasteiger partial charge in [-0.1, -0.05) is 41.9 Å². The van der Waals surface area contributed by atoms with Crippen molar-refractivity contribution in [2.45, 2.75) is 19.4 Å². The molecule has 0 bridgehead atoms. The molecule has 0 aliphatic carbocycles. The van der Waals surface area contributed by atoms with E-state index in [1.165, 1.54) is 0 Å². The van der Waals surface area contributed by atoms with Crippen LogP contribution in [0.15, 0.2) is 42.5 Å². The highest BCUT2D eigenvalue weighted by Gasteiger charge is 2.19. The predicted octanol–water partition coefficient (Wildman–Crippen LogP) is 4.43. The van der Waals surface area contributed by atoms with Crippen LogP contribution >= 0.6 is 11.6 Å². The van der Waals surface area contributed by atoms with Gasteiger partial charge in [-0.05, 0) is 18.9 Å². The first-order valence-corrected chi connectivity index (χ1v) is 6.79. The molecule has 0 radical (unpaired) electrons. The second-order valence-electron chi connectivity index (χ2n) is 4.78. The standard InChI is InChI=1S/C15H14ClFN2O2/c1-10(7-11-5-3-2-4-6-11)18-14-9-13(17)12(16)8-15(14)19(20)21/h2-6,8-10,18H,7H2,1H3. The van der Waals surface area contributed by atoms with Crippen molar-refractivity contribution in [1.29, 1.82) is 0 Å². The molecule has 0 aromatic heterocycles. The van der Waals surface area contributed by atoms with Crippen molar-refractivity contribution in [3.8, 4) is 0 Å². The summed E-state index contributed by atoms with van der Waals surface area (Å²) < 4.78 is 13.5. The van der Waals surface area contributed by atoms with Crippen molar-refractivity contribution in [2.75, 3.05) is 5.32 Å². The molecule has 2 aromatic carbocycles. The van der Waals surface area contributed by atoms with Crippen molar-refractivity contribution in [2.24, 2.45) is 0 Å². The molecule has 2 rings (SSSR count). The summed E-state index contributed by atoms with van der Waals surface area (Å²) in [5.41, 5.74) is 0.987. The zero-order valence-electron chi connectivity index (χ0n) is 11.3. The lowest BCUT2D eigenvalue weighted by Gasteiger charge is -2.15. The number of halogens is 2. The molecule has 2 aromatic rings. The molecule has 0 fully saturated rings. The first kappa shape index (κ1) is 15.3. The van der Waals surface area contributed by atoms with E-state index in [4.69, 9.17) is 11.6 Å². The highest BCUT2D eigenvalue weighted by molar-refractivity contribution is 6.31. The molecule has 1 N–H and O–H groups in total. The van der Waals surface area contributed by atoms with Crippen LogP contribution in [0, 0.1) is 15.9 Å². The van der Waals surface area contributed by atoms with Crippen molar-refractivity contribution in [3.05, 3.63) is 69.0 Å². The number of anilines is 1. The maximum absolute atomic E-state index is 13.5. The summed E-state index contributed by atoms with van der Waals surface area (Å²) >= 11 is 5.59. The van der Waals surface area contributed by atoms with Crippen molar-refractivity contribution in [1.82, 2.24) is 0 Å². The van der Waals surface area contributed by atoms with Gasteiger partial charge in [-0.3, -0.25) is 10.1 Å².